The average Bonchev–Trinajstić information content (AvgIpc) is 3.15. The molecule has 0 radical (unpaired) electrons. The highest BCUT2D eigenvalue weighted by molar-refractivity contribution is 14.0. The Kier molecular flexibility index (Phi) is 8.81. The molecule has 2 aliphatic heterocycles. The molecule has 7 nitrogen and oxygen atoms in total. The molecule has 2 N–H and O–H groups in total. The van der Waals surface area contributed by atoms with E-state index in [0.29, 0.717) is 12.5 Å². The predicted molar refractivity (Wildman–Crippen MR) is 124 cm³/mol. The number of hydrogen-bond donors (Lipinski definition) is 2. The number of amides is 1. The maximum absolute atomic E-state index is 12.5. The SMILES string of the molecule is CN=C(NCC(=O)N1CCN(c2ccccc2)CC1)NCC1(C)CCCO1.I. The van der Waals surface area contributed by atoms with Gasteiger partial charge in [0.25, 0.3) is 0 Å². The highest BCUT2D eigenvalue weighted by Gasteiger charge is 2.29. The zero-order chi connectivity index (χ0) is 19.1. The number of carbonyl (C=O) groups excluding carboxylic acids is 1. The Morgan fingerprint density at radius 1 is 1.18 bits per heavy atom. The Morgan fingerprint density at radius 3 is 2.50 bits per heavy atom. The molecule has 2 fully saturated rings. The second-order valence-corrected chi connectivity index (χ2v) is 7.38. The third-order valence-electron chi connectivity index (χ3n) is 5.31. The molecular weight excluding hydrogens is 469 g/mol. The van der Waals surface area contributed by atoms with Crippen LogP contribution < -0.4 is 15.5 Å². The zero-order valence-electron chi connectivity index (χ0n) is 16.8. The third kappa shape index (κ3) is 6.23. The number of ether oxygens (including phenoxy) is 1. The highest BCUT2D eigenvalue weighted by atomic mass is 127. The molecular formula is C20H32IN5O2. The summed E-state index contributed by atoms with van der Waals surface area (Å²) in [6.07, 6.45) is 2.14. The van der Waals surface area contributed by atoms with E-state index >= 15 is 0 Å². The van der Waals surface area contributed by atoms with Gasteiger partial charge in [0.1, 0.15) is 0 Å². The van der Waals surface area contributed by atoms with Gasteiger partial charge in [-0.2, -0.15) is 0 Å². The van der Waals surface area contributed by atoms with Crippen LogP contribution >= 0.6 is 24.0 Å². The molecule has 0 saturated carbocycles. The highest BCUT2D eigenvalue weighted by Crippen LogP contribution is 2.23. The van der Waals surface area contributed by atoms with Crippen molar-refractivity contribution < 1.29 is 9.53 Å². The van der Waals surface area contributed by atoms with Crippen molar-refractivity contribution in [3.63, 3.8) is 0 Å². The van der Waals surface area contributed by atoms with E-state index in [0.717, 1.165) is 45.6 Å². The fourth-order valence-electron chi connectivity index (χ4n) is 3.59. The van der Waals surface area contributed by atoms with Crippen LogP contribution in [0, 0.1) is 0 Å². The van der Waals surface area contributed by atoms with Crippen LogP contribution in [0.4, 0.5) is 5.69 Å². The van der Waals surface area contributed by atoms with Gasteiger partial charge in [0.2, 0.25) is 5.91 Å². The number of para-hydroxylation sites is 1. The first-order valence-corrected chi connectivity index (χ1v) is 9.76. The molecule has 3 rings (SSSR count). The summed E-state index contributed by atoms with van der Waals surface area (Å²) < 4.78 is 5.78. The molecule has 1 aromatic rings. The van der Waals surface area contributed by atoms with Gasteiger partial charge in [-0.05, 0) is 31.9 Å². The summed E-state index contributed by atoms with van der Waals surface area (Å²) in [6, 6.07) is 10.3. The molecule has 2 aliphatic rings. The number of nitrogens with one attached hydrogen (secondary N) is 2. The molecule has 0 aromatic heterocycles. The van der Waals surface area contributed by atoms with Crippen molar-refractivity contribution in [1.29, 1.82) is 0 Å². The normalized spacial score (nSPS) is 22.6. The predicted octanol–water partition coefficient (Wildman–Crippen LogP) is 1.69. The summed E-state index contributed by atoms with van der Waals surface area (Å²) in [5.41, 5.74) is 1.07. The number of rotatable bonds is 5. The van der Waals surface area contributed by atoms with Gasteiger partial charge in [-0.1, -0.05) is 18.2 Å². The third-order valence-corrected chi connectivity index (χ3v) is 5.31. The molecule has 2 saturated heterocycles. The Labute approximate surface area is 184 Å². The van der Waals surface area contributed by atoms with E-state index in [-0.39, 0.29) is 42.0 Å². The second-order valence-electron chi connectivity index (χ2n) is 7.38. The summed E-state index contributed by atoms with van der Waals surface area (Å²) in [5.74, 6) is 0.747. The van der Waals surface area contributed by atoms with Gasteiger partial charge >= 0.3 is 0 Å². The maximum Gasteiger partial charge on any atom is 0.242 e. The molecule has 1 amide bonds. The van der Waals surface area contributed by atoms with Crippen LogP contribution in [0.3, 0.4) is 0 Å². The Hall–Kier alpha value is -1.55. The van der Waals surface area contributed by atoms with Gasteiger partial charge in [0.15, 0.2) is 5.96 Å². The van der Waals surface area contributed by atoms with E-state index in [1.165, 1.54) is 5.69 Å². The number of halogens is 1. The van der Waals surface area contributed by atoms with Crippen LogP contribution in [0.5, 0.6) is 0 Å². The lowest BCUT2D eigenvalue weighted by Crippen LogP contribution is -2.53. The topological polar surface area (TPSA) is 69.2 Å². The molecule has 1 unspecified atom stereocenters. The van der Waals surface area contributed by atoms with Crippen molar-refractivity contribution in [1.82, 2.24) is 15.5 Å². The first-order chi connectivity index (χ1) is 13.1. The summed E-state index contributed by atoms with van der Waals surface area (Å²) in [6.45, 7) is 7.08. The molecule has 0 spiro atoms. The minimum absolute atomic E-state index is 0. The first-order valence-electron chi connectivity index (χ1n) is 9.76. The number of carbonyl (C=O) groups is 1. The summed E-state index contributed by atoms with van der Waals surface area (Å²) in [5, 5.41) is 6.40. The van der Waals surface area contributed by atoms with Crippen LogP contribution in [0.15, 0.2) is 35.3 Å². The van der Waals surface area contributed by atoms with Crippen molar-refractivity contribution in [2.75, 3.05) is 57.8 Å². The Morgan fingerprint density at radius 2 is 1.89 bits per heavy atom. The van der Waals surface area contributed by atoms with Gasteiger partial charge in [0.05, 0.1) is 12.1 Å². The monoisotopic (exact) mass is 501 g/mol. The van der Waals surface area contributed by atoms with Crippen LogP contribution in [0.25, 0.3) is 0 Å². The largest absolute Gasteiger partial charge is 0.373 e. The van der Waals surface area contributed by atoms with E-state index in [1.54, 1.807) is 7.05 Å². The molecule has 0 bridgehead atoms. The molecule has 8 heteroatoms. The number of benzene rings is 1. The van der Waals surface area contributed by atoms with E-state index < -0.39 is 0 Å². The Bertz CT molecular complexity index is 641. The maximum atomic E-state index is 12.5. The van der Waals surface area contributed by atoms with Crippen molar-refractivity contribution in [2.24, 2.45) is 4.99 Å². The molecule has 1 atom stereocenters. The molecule has 0 aliphatic carbocycles. The van der Waals surface area contributed by atoms with Crippen LogP contribution in [0.2, 0.25) is 0 Å². The van der Waals surface area contributed by atoms with Crippen LogP contribution in [-0.4, -0.2) is 75.3 Å². The lowest BCUT2D eigenvalue weighted by molar-refractivity contribution is -0.130. The van der Waals surface area contributed by atoms with Crippen molar-refractivity contribution in [3.8, 4) is 0 Å². The van der Waals surface area contributed by atoms with Crippen LogP contribution in [0.1, 0.15) is 19.8 Å². The smallest absolute Gasteiger partial charge is 0.242 e. The standard InChI is InChI=1S/C20H31N5O2.HI/c1-20(9-6-14-27-20)16-23-19(21-2)22-15-18(26)25-12-10-24(11-13-25)17-7-4-3-5-8-17;/h3-5,7-8H,6,9-16H2,1-2H3,(H2,21,22,23);1H. The lowest BCUT2D eigenvalue weighted by Gasteiger charge is -2.36. The van der Waals surface area contributed by atoms with Crippen molar-refractivity contribution in [2.45, 2.75) is 25.4 Å². The minimum atomic E-state index is -0.143. The molecule has 1 aromatic carbocycles. The number of nitrogens with zero attached hydrogens (tertiary/aromatic N) is 3. The van der Waals surface area contributed by atoms with Crippen molar-refractivity contribution in [3.05, 3.63) is 30.3 Å². The van der Waals surface area contributed by atoms with Gasteiger partial charge in [-0.25, -0.2) is 0 Å². The number of guanidine groups is 1. The van der Waals surface area contributed by atoms with Crippen molar-refractivity contribution >= 4 is 41.5 Å². The lowest BCUT2D eigenvalue weighted by atomic mass is 10.0. The number of aliphatic imine (C=N–C) groups is 1. The van der Waals surface area contributed by atoms with E-state index in [4.69, 9.17) is 4.74 Å². The van der Waals surface area contributed by atoms with Gasteiger partial charge < -0.3 is 25.2 Å². The quantitative estimate of drug-likeness (QED) is 0.365. The molecule has 28 heavy (non-hydrogen) atoms. The first kappa shape index (κ1) is 22.7. The van der Waals surface area contributed by atoms with Gasteiger partial charge in [-0.3, -0.25) is 9.79 Å². The summed E-state index contributed by atoms with van der Waals surface area (Å²) in [4.78, 5) is 21.0. The second kappa shape index (κ2) is 10.8. The summed E-state index contributed by atoms with van der Waals surface area (Å²) >= 11 is 0. The van der Waals surface area contributed by atoms with E-state index in [2.05, 4.69) is 39.6 Å². The Balaban J connectivity index is 0.00000280. The van der Waals surface area contributed by atoms with Gasteiger partial charge in [0, 0.05) is 52.1 Å². The molecule has 156 valence electrons. The average molecular weight is 501 g/mol. The van der Waals surface area contributed by atoms with E-state index in [1.807, 2.05) is 23.1 Å². The minimum Gasteiger partial charge on any atom is -0.373 e. The summed E-state index contributed by atoms with van der Waals surface area (Å²) in [7, 11) is 1.72. The number of piperazine rings is 1. The zero-order valence-corrected chi connectivity index (χ0v) is 19.1. The number of anilines is 1. The van der Waals surface area contributed by atoms with Gasteiger partial charge in [-0.15, -0.1) is 24.0 Å². The van der Waals surface area contributed by atoms with E-state index in [9.17, 15) is 4.79 Å². The fraction of sp³-hybridized carbons (Fsp3) is 0.600. The number of hydrogen-bond acceptors (Lipinski definition) is 4. The van der Waals surface area contributed by atoms with Crippen LogP contribution in [-0.2, 0) is 9.53 Å². The molecule has 2 heterocycles. The fourth-order valence-corrected chi connectivity index (χ4v) is 3.59.